The Labute approximate surface area is 149 Å². The standard InChI is InChI=1S/C19H16ClFN2O2/c1-10-3-4-12(8-14(10)20)23-6-5-19(25)17(24)13-9-15(21)11(2)7-16(13)22-18(19)23/h3-4,7-9,25H,5-6H2,1-2H3. The molecular weight excluding hydrogens is 343 g/mol. The van der Waals surface area contributed by atoms with Gasteiger partial charge in [0.05, 0.1) is 5.69 Å². The van der Waals surface area contributed by atoms with Crippen LogP contribution in [-0.2, 0) is 0 Å². The molecule has 0 spiro atoms. The average molecular weight is 359 g/mol. The number of Topliss-reactive ketones (excluding diaryl/α,β-unsaturated/α-hetero) is 1. The quantitative estimate of drug-likeness (QED) is 0.839. The van der Waals surface area contributed by atoms with E-state index in [0.29, 0.717) is 22.8 Å². The third-order valence-corrected chi connectivity index (χ3v) is 5.32. The smallest absolute Gasteiger partial charge is 0.204 e. The molecule has 128 valence electrons. The maximum Gasteiger partial charge on any atom is 0.204 e. The van der Waals surface area contributed by atoms with Crippen LogP contribution in [0.1, 0.15) is 27.9 Å². The van der Waals surface area contributed by atoms with Crippen molar-refractivity contribution in [1.29, 1.82) is 0 Å². The van der Waals surface area contributed by atoms with Gasteiger partial charge in [0.15, 0.2) is 5.60 Å². The summed E-state index contributed by atoms with van der Waals surface area (Å²) in [6.45, 7) is 3.95. The number of benzene rings is 2. The minimum absolute atomic E-state index is 0.123. The number of halogens is 2. The molecule has 2 aliphatic heterocycles. The number of amidine groups is 1. The van der Waals surface area contributed by atoms with Gasteiger partial charge in [-0.25, -0.2) is 9.38 Å². The van der Waals surface area contributed by atoms with Crippen molar-refractivity contribution in [3.63, 3.8) is 0 Å². The van der Waals surface area contributed by atoms with E-state index in [4.69, 9.17) is 11.6 Å². The highest BCUT2D eigenvalue weighted by Gasteiger charge is 2.52. The summed E-state index contributed by atoms with van der Waals surface area (Å²) >= 11 is 6.21. The molecule has 0 saturated carbocycles. The lowest BCUT2D eigenvalue weighted by Crippen LogP contribution is -2.48. The van der Waals surface area contributed by atoms with E-state index in [9.17, 15) is 14.3 Å². The molecule has 2 aromatic rings. The Morgan fingerprint density at radius 1 is 1.24 bits per heavy atom. The van der Waals surface area contributed by atoms with Crippen molar-refractivity contribution in [2.45, 2.75) is 25.9 Å². The van der Waals surface area contributed by atoms with Gasteiger partial charge >= 0.3 is 0 Å². The monoisotopic (exact) mass is 358 g/mol. The Hall–Kier alpha value is -2.24. The summed E-state index contributed by atoms with van der Waals surface area (Å²) in [5.74, 6) is -0.711. The van der Waals surface area contributed by atoms with Gasteiger partial charge < -0.3 is 10.0 Å². The first-order valence-corrected chi connectivity index (χ1v) is 8.39. The molecule has 6 heteroatoms. The normalized spacial score (nSPS) is 21.9. The minimum atomic E-state index is -1.73. The van der Waals surface area contributed by atoms with Crippen molar-refractivity contribution in [2.24, 2.45) is 4.99 Å². The van der Waals surface area contributed by atoms with Gasteiger partial charge in [-0.1, -0.05) is 17.7 Å². The summed E-state index contributed by atoms with van der Waals surface area (Å²) in [5, 5.41) is 11.6. The van der Waals surface area contributed by atoms with Gasteiger partial charge in [-0.05, 0) is 49.2 Å². The number of aryl methyl sites for hydroxylation is 2. The van der Waals surface area contributed by atoms with Crippen LogP contribution >= 0.6 is 11.6 Å². The zero-order valence-corrected chi connectivity index (χ0v) is 14.6. The highest BCUT2D eigenvalue weighted by atomic mass is 35.5. The maximum absolute atomic E-state index is 13.9. The van der Waals surface area contributed by atoms with Crippen LogP contribution in [0.4, 0.5) is 15.8 Å². The molecule has 4 nitrogen and oxygen atoms in total. The number of hydrogen-bond acceptors (Lipinski definition) is 4. The largest absolute Gasteiger partial charge is 0.374 e. The molecule has 1 unspecified atom stereocenters. The predicted molar refractivity (Wildman–Crippen MR) is 95.7 cm³/mol. The lowest BCUT2D eigenvalue weighted by Gasteiger charge is -2.30. The van der Waals surface area contributed by atoms with Gasteiger partial charge in [0, 0.05) is 29.2 Å². The van der Waals surface area contributed by atoms with Crippen molar-refractivity contribution in [2.75, 3.05) is 11.4 Å². The molecule has 4 rings (SSSR count). The second kappa shape index (κ2) is 5.38. The number of fused-ring (bicyclic) bond motifs is 2. The van der Waals surface area contributed by atoms with Crippen LogP contribution in [0.15, 0.2) is 35.3 Å². The van der Waals surface area contributed by atoms with E-state index in [-0.39, 0.29) is 17.8 Å². The van der Waals surface area contributed by atoms with Crippen LogP contribution in [0.25, 0.3) is 0 Å². The molecule has 0 radical (unpaired) electrons. The van der Waals surface area contributed by atoms with Gasteiger partial charge in [-0.3, -0.25) is 4.79 Å². The maximum atomic E-state index is 13.9. The number of rotatable bonds is 1. The molecular formula is C19H16ClFN2O2. The Morgan fingerprint density at radius 2 is 2.00 bits per heavy atom. The van der Waals surface area contributed by atoms with Crippen LogP contribution in [0.3, 0.4) is 0 Å². The van der Waals surface area contributed by atoms with Gasteiger partial charge in [-0.2, -0.15) is 0 Å². The highest BCUT2D eigenvalue weighted by molar-refractivity contribution is 6.32. The lowest BCUT2D eigenvalue weighted by molar-refractivity contribution is 0.0601. The van der Waals surface area contributed by atoms with Gasteiger partial charge in [0.2, 0.25) is 5.78 Å². The fourth-order valence-electron chi connectivity index (χ4n) is 3.36. The van der Waals surface area contributed by atoms with Gasteiger partial charge in [-0.15, -0.1) is 0 Å². The van der Waals surface area contributed by atoms with E-state index in [1.807, 2.05) is 19.1 Å². The summed E-state index contributed by atoms with van der Waals surface area (Å²) in [7, 11) is 0. The van der Waals surface area contributed by atoms with E-state index in [1.54, 1.807) is 17.9 Å². The summed E-state index contributed by atoms with van der Waals surface area (Å²) in [6, 6.07) is 8.25. The fraction of sp³-hybridized carbons (Fsp3) is 0.263. The molecule has 1 atom stereocenters. The topological polar surface area (TPSA) is 52.9 Å². The number of aliphatic hydroxyl groups is 1. The number of ketones is 1. The van der Waals surface area contributed by atoms with Crippen LogP contribution < -0.4 is 4.90 Å². The van der Waals surface area contributed by atoms with Crippen LogP contribution in [-0.4, -0.2) is 28.9 Å². The molecule has 0 aromatic heterocycles. The minimum Gasteiger partial charge on any atom is -0.374 e. The molecule has 1 saturated heterocycles. The third kappa shape index (κ3) is 2.30. The van der Waals surface area contributed by atoms with E-state index in [0.717, 1.165) is 17.3 Å². The number of carbonyl (C=O) groups is 1. The van der Waals surface area contributed by atoms with Crippen molar-refractivity contribution >= 4 is 34.6 Å². The highest BCUT2D eigenvalue weighted by Crippen LogP contribution is 2.40. The molecule has 2 aliphatic rings. The van der Waals surface area contributed by atoms with Crippen molar-refractivity contribution in [3.05, 3.63) is 57.9 Å². The van der Waals surface area contributed by atoms with E-state index < -0.39 is 17.2 Å². The fourth-order valence-corrected chi connectivity index (χ4v) is 3.54. The van der Waals surface area contributed by atoms with Gasteiger partial charge in [0.1, 0.15) is 11.7 Å². The molecule has 1 N–H and O–H groups in total. The van der Waals surface area contributed by atoms with Crippen molar-refractivity contribution in [3.8, 4) is 0 Å². The summed E-state index contributed by atoms with van der Waals surface area (Å²) < 4.78 is 13.9. The Morgan fingerprint density at radius 3 is 2.72 bits per heavy atom. The summed E-state index contributed by atoms with van der Waals surface area (Å²) in [5.41, 5.74) is 0.890. The predicted octanol–water partition coefficient (Wildman–Crippen LogP) is 3.96. The molecule has 0 bridgehead atoms. The zero-order valence-electron chi connectivity index (χ0n) is 13.8. The number of nitrogens with zero attached hydrogens (tertiary/aromatic N) is 2. The molecule has 2 aromatic carbocycles. The molecule has 0 aliphatic carbocycles. The molecule has 0 amide bonds. The van der Waals surface area contributed by atoms with Crippen LogP contribution in [0, 0.1) is 19.7 Å². The van der Waals surface area contributed by atoms with Crippen LogP contribution in [0.2, 0.25) is 5.02 Å². The van der Waals surface area contributed by atoms with E-state index in [1.165, 1.54) is 6.07 Å². The first-order chi connectivity index (χ1) is 11.8. The summed E-state index contributed by atoms with van der Waals surface area (Å²) in [6.07, 6.45) is 0.200. The van der Waals surface area contributed by atoms with Crippen LogP contribution in [0.5, 0.6) is 0 Å². The Balaban J connectivity index is 1.87. The number of hydrogen-bond donors (Lipinski definition) is 1. The summed E-state index contributed by atoms with van der Waals surface area (Å²) in [4.78, 5) is 19.1. The average Bonchev–Trinajstić information content (AvgIpc) is 2.91. The van der Waals surface area contributed by atoms with E-state index >= 15 is 0 Å². The Kier molecular flexibility index (Phi) is 3.49. The molecule has 2 heterocycles. The number of anilines is 1. The SMILES string of the molecule is Cc1cc2c(cc1F)C(=O)C1(O)CCN(c3ccc(C)c(Cl)c3)C1=N2. The van der Waals surface area contributed by atoms with Gasteiger partial charge in [0.25, 0.3) is 0 Å². The zero-order chi connectivity index (χ0) is 17.9. The van der Waals surface area contributed by atoms with E-state index in [2.05, 4.69) is 4.99 Å². The Bertz CT molecular complexity index is 957. The van der Waals surface area contributed by atoms with Crippen molar-refractivity contribution in [1.82, 2.24) is 0 Å². The molecule has 1 fully saturated rings. The second-order valence-electron chi connectivity index (χ2n) is 6.58. The van der Waals surface area contributed by atoms with Crippen molar-refractivity contribution < 1.29 is 14.3 Å². The lowest BCUT2D eigenvalue weighted by atomic mass is 9.87. The third-order valence-electron chi connectivity index (χ3n) is 4.91. The first-order valence-electron chi connectivity index (χ1n) is 8.01. The number of carbonyl (C=O) groups excluding carboxylic acids is 1. The number of aliphatic imine (C=N–C) groups is 1. The molecule has 25 heavy (non-hydrogen) atoms. The first kappa shape index (κ1) is 16.2. The second-order valence-corrected chi connectivity index (χ2v) is 6.99.